The van der Waals surface area contributed by atoms with Crippen molar-refractivity contribution in [3.63, 3.8) is 0 Å². The van der Waals surface area contributed by atoms with Crippen LogP contribution in [-0.2, 0) is 5.41 Å². The van der Waals surface area contributed by atoms with Crippen molar-refractivity contribution in [1.82, 2.24) is 14.5 Å². The second-order valence-electron chi connectivity index (χ2n) is 12.2. The van der Waals surface area contributed by atoms with Gasteiger partial charge in [-0.05, 0) is 94.0 Å². The predicted molar refractivity (Wildman–Crippen MR) is 190 cm³/mol. The molecule has 6 aromatic carbocycles. The second-order valence-corrected chi connectivity index (χ2v) is 12.2. The van der Waals surface area contributed by atoms with E-state index in [0.717, 1.165) is 33.9 Å². The van der Waals surface area contributed by atoms with Gasteiger partial charge in [-0.1, -0.05) is 103 Å². The highest BCUT2D eigenvalue weighted by atomic mass is 15.2. The van der Waals surface area contributed by atoms with Gasteiger partial charge < -0.3 is 4.90 Å². The third kappa shape index (κ3) is 3.52. The first-order valence-electron chi connectivity index (χ1n) is 16.0. The summed E-state index contributed by atoms with van der Waals surface area (Å²) in [5, 5.41) is 0. The van der Waals surface area contributed by atoms with E-state index in [1.165, 1.54) is 44.8 Å². The number of para-hydroxylation sites is 3. The SMILES string of the molecule is c1ccc(-n2c(-c3ccc(N4c5ccccc5C5(c6ccccc6-c6ccccc65)c5ccccc54)cc3)nc3cccnc32)cc1. The highest BCUT2D eigenvalue weighted by Crippen LogP contribution is 2.63. The maximum Gasteiger partial charge on any atom is 0.164 e. The number of anilines is 3. The molecule has 1 aliphatic heterocycles. The van der Waals surface area contributed by atoms with Crippen LogP contribution in [0, 0.1) is 0 Å². The summed E-state index contributed by atoms with van der Waals surface area (Å²) in [5.74, 6) is 0.869. The average molecular weight is 601 g/mol. The van der Waals surface area contributed by atoms with Crippen molar-refractivity contribution in [3.05, 3.63) is 192 Å². The number of pyridine rings is 1. The molecule has 0 N–H and O–H groups in total. The summed E-state index contributed by atoms with van der Waals surface area (Å²) in [4.78, 5) is 12.2. The van der Waals surface area contributed by atoms with Crippen molar-refractivity contribution >= 4 is 28.2 Å². The molecule has 10 rings (SSSR count). The standard InChI is InChI=1S/C43H28N4/c1-2-13-30(14-3-1)47-41(45-38-21-12-28-44-42(38)47)29-24-26-31(27-25-29)46-39-22-10-8-19-36(39)43(37-20-9-11-23-40(37)46)34-17-6-4-15-32(34)33-16-5-7-18-35(33)43/h1-28H. The molecule has 0 saturated carbocycles. The maximum absolute atomic E-state index is 5.05. The van der Waals surface area contributed by atoms with Crippen molar-refractivity contribution in [3.8, 4) is 28.2 Å². The molecule has 47 heavy (non-hydrogen) atoms. The molecule has 2 aliphatic rings. The lowest BCUT2D eigenvalue weighted by Crippen LogP contribution is -2.36. The normalized spacial score (nSPS) is 13.7. The van der Waals surface area contributed by atoms with Gasteiger partial charge in [-0.25, -0.2) is 9.97 Å². The summed E-state index contributed by atoms with van der Waals surface area (Å²) < 4.78 is 2.15. The third-order valence-electron chi connectivity index (χ3n) is 9.86. The Bertz CT molecular complexity index is 2380. The summed E-state index contributed by atoms with van der Waals surface area (Å²) in [7, 11) is 0. The molecule has 0 atom stereocenters. The van der Waals surface area contributed by atoms with Crippen LogP contribution in [0.4, 0.5) is 17.1 Å². The lowest BCUT2D eigenvalue weighted by Gasteiger charge is -2.45. The molecule has 1 spiro atoms. The summed E-state index contributed by atoms with van der Waals surface area (Å²) in [5.41, 5.74) is 14.7. The van der Waals surface area contributed by atoms with Crippen molar-refractivity contribution in [1.29, 1.82) is 0 Å². The fraction of sp³-hybridized carbons (Fsp3) is 0.0233. The van der Waals surface area contributed by atoms with E-state index in [0.29, 0.717) is 0 Å². The van der Waals surface area contributed by atoms with Gasteiger partial charge >= 0.3 is 0 Å². The largest absolute Gasteiger partial charge is 0.310 e. The first-order chi connectivity index (χ1) is 23.3. The van der Waals surface area contributed by atoms with Gasteiger partial charge in [-0.15, -0.1) is 0 Å². The van der Waals surface area contributed by atoms with E-state index >= 15 is 0 Å². The van der Waals surface area contributed by atoms with Gasteiger partial charge in [0.1, 0.15) is 11.3 Å². The molecule has 1 aliphatic carbocycles. The lowest BCUT2D eigenvalue weighted by atomic mass is 9.64. The first kappa shape index (κ1) is 26.0. The van der Waals surface area contributed by atoms with E-state index in [1.54, 1.807) is 0 Å². The maximum atomic E-state index is 5.05. The molecule has 0 fully saturated rings. The van der Waals surface area contributed by atoms with Crippen LogP contribution in [0.15, 0.2) is 170 Å². The van der Waals surface area contributed by atoms with Gasteiger partial charge in [0.05, 0.1) is 16.8 Å². The molecule has 4 heteroatoms. The zero-order chi connectivity index (χ0) is 31.0. The van der Waals surface area contributed by atoms with Gasteiger partial charge in [0, 0.05) is 23.1 Å². The van der Waals surface area contributed by atoms with Crippen molar-refractivity contribution < 1.29 is 0 Å². The van der Waals surface area contributed by atoms with E-state index in [4.69, 9.17) is 9.97 Å². The molecule has 0 amide bonds. The smallest absolute Gasteiger partial charge is 0.164 e. The van der Waals surface area contributed by atoms with Crippen LogP contribution in [0.25, 0.3) is 39.4 Å². The topological polar surface area (TPSA) is 34.0 Å². The number of hydrogen-bond donors (Lipinski definition) is 0. The number of rotatable bonds is 3. The Balaban J connectivity index is 1.17. The minimum Gasteiger partial charge on any atom is -0.310 e. The van der Waals surface area contributed by atoms with Gasteiger partial charge in [0.25, 0.3) is 0 Å². The van der Waals surface area contributed by atoms with Crippen LogP contribution in [0.5, 0.6) is 0 Å². The number of fused-ring (bicyclic) bond motifs is 10. The van der Waals surface area contributed by atoms with E-state index in [2.05, 4.69) is 155 Å². The van der Waals surface area contributed by atoms with Crippen molar-refractivity contribution in [2.75, 3.05) is 4.90 Å². The van der Waals surface area contributed by atoms with Crippen LogP contribution < -0.4 is 4.90 Å². The molecule has 3 heterocycles. The molecule has 0 radical (unpaired) electrons. The van der Waals surface area contributed by atoms with Crippen molar-refractivity contribution in [2.24, 2.45) is 0 Å². The average Bonchev–Trinajstić information content (AvgIpc) is 3.68. The fourth-order valence-corrected chi connectivity index (χ4v) is 8.03. The second kappa shape index (κ2) is 9.87. The molecular formula is C43H28N4. The Morgan fingerprint density at radius 2 is 1.00 bits per heavy atom. The third-order valence-corrected chi connectivity index (χ3v) is 9.86. The zero-order valence-corrected chi connectivity index (χ0v) is 25.5. The summed E-state index contributed by atoms with van der Waals surface area (Å²) in [6.07, 6.45) is 1.83. The van der Waals surface area contributed by atoms with Crippen LogP contribution in [0.3, 0.4) is 0 Å². The number of aromatic nitrogens is 3. The number of benzene rings is 6. The van der Waals surface area contributed by atoms with E-state index in [9.17, 15) is 0 Å². The molecule has 0 bridgehead atoms. The number of hydrogen-bond acceptors (Lipinski definition) is 3. The minimum absolute atomic E-state index is 0.412. The van der Waals surface area contributed by atoms with Crippen LogP contribution >= 0.6 is 0 Å². The van der Waals surface area contributed by atoms with Crippen LogP contribution in [0.1, 0.15) is 22.3 Å². The number of imidazole rings is 1. The van der Waals surface area contributed by atoms with Gasteiger partial charge in [-0.3, -0.25) is 4.57 Å². The highest BCUT2D eigenvalue weighted by Gasteiger charge is 2.51. The molecule has 4 nitrogen and oxygen atoms in total. The van der Waals surface area contributed by atoms with Gasteiger partial charge in [-0.2, -0.15) is 0 Å². The Labute approximate surface area is 272 Å². The Morgan fingerprint density at radius 1 is 0.447 bits per heavy atom. The zero-order valence-electron chi connectivity index (χ0n) is 25.5. The molecule has 220 valence electrons. The van der Waals surface area contributed by atoms with Crippen LogP contribution in [0.2, 0.25) is 0 Å². The summed E-state index contributed by atoms with van der Waals surface area (Å²) in [6, 6.07) is 58.8. The van der Waals surface area contributed by atoms with Crippen molar-refractivity contribution in [2.45, 2.75) is 5.41 Å². The minimum atomic E-state index is -0.412. The number of nitrogens with zero attached hydrogens (tertiary/aromatic N) is 4. The van der Waals surface area contributed by atoms with Crippen LogP contribution in [-0.4, -0.2) is 14.5 Å². The monoisotopic (exact) mass is 600 g/mol. The van der Waals surface area contributed by atoms with Gasteiger partial charge in [0.15, 0.2) is 5.65 Å². The molecular weight excluding hydrogens is 573 g/mol. The summed E-state index contributed by atoms with van der Waals surface area (Å²) in [6.45, 7) is 0. The Morgan fingerprint density at radius 3 is 1.64 bits per heavy atom. The van der Waals surface area contributed by atoms with E-state index in [-0.39, 0.29) is 0 Å². The molecule has 0 saturated heterocycles. The molecule has 0 unspecified atom stereocenters. The van der Waals surface area contributed by atoms with E-state index < -0.39 is 5.41 Å². The van der Waals surface area contributed by atoms with Gasteiger partial charge in [0.2, 0.25) is 0 Å². The highest BCUT2D eigenvalue weighted by molar-refractivity contribution is 5.96. The summed E-state index contributed by atoms with van der Waals surface area (Å²) >= 11 is 0. The first-order valence-corrected chi connectivity index (χ1v) is 16.0. The molecule has 2 aromatic heterocycles. The molecule has 8 aromatic rings. The predicted octanol–water partition coefficient (Wildman–Crippen LogP) is 10.2. The Kier molecular flexibility index (Phi) is 5.46. The quantitative estimate of drug-likeness (QED) is 0.202. The van der Waals surface area contributed by atoms with E-state index in [1.807, 2.05) is 24.4 Å². The lowest BCUT2D eigenvalue weighted by molar-refractivity contribution is 0.752. The Hall–Kier alpha value is -6.26. The fourth-order valence-electron chi connectivity index (χ4n) is 8.03.